The molecule has 156 valence electrons. The summed E-state index contributed by atoms with van der Waals surface area (Å²) in [5.74, 6) is -3.30. The van der Waals surface area contributed by atoms with Gasteiger partial charge >= 0.3 is 11.9 Å². The van der Waals surface area contributed by atoms with Gasteiger partial charge in [-0.3, -0.25) is 14.4 Å². The van der Waals surface area contributed by atoms with Crippen LogP contribution in [0.5, 0.6) is 0 Å². The van der Waals surface area contributed by atoms with Gasteiger partial charge in [0.05, 0.1) is 29.5 Å². The van der Waals surface area contributed by atoms with Gasteiger partial charge in [0.25, 0.3) is 5.91 Å². The van der Waals surface area contributed by atoms with Gasteiger partial charge in [-0.1, -0.05) is 11.3 Å². The first kappa shape index (κ1) is 22.4. The Balaban J connectivity index is 2.58. The smallest absolute Gasteiger partial charge is 0.337 e. The number of amides is 1. The number of benzene rings is 1. The van der Waals surface area contributed by atoms with Crippen LogP contribution in [-0.4, -0.2) is 55.4 Å². The van der Waals surface area contributed by atoms with E-state index in [0.717, 1.165) is 18.3 Å². The molecule has 0 aliphatic carbocycles. The van der Waals surface area contributed by atoms with Crippen molar-refractivity contribution in [2.75, 3.05) is 19.5 Å². The topological polar surface area (TPSA) is 138 Å². The van der Waals surface area contributed by atoms with Crippen LogP contribution in [0.4, 0.5) is 0 Å². The maximum Gasteiger partial charge on any atom is 0.337 e. The maximum absolute atomic E-state index is 12.1. The maximum atomic E-state index is 12.1. The van der Waals surface area contributed by atoms with Crippen molar-refractivity contribution in [3.63, 3.8) is 0 Å². The quantitative estimate of drug-likeness (QED) is 0.588. The summed E-state index contributed by atoms with van der Waals surface area (Å²) >= 11 is 0.969. The van der Waals surface area contributed by atoms with Crippen LogP contribution >= 0.6 is 11.3 Å². The zero-order valence-electron chi connectivity index (χ0n) is 15.8. The largest absolute Gasteiger partial charge is 0.465 e. The SMILES string of the molecule is CCOC(=O)Cn1c(=NC(=O)CS(=O)(=O)C(C)=O)sc2cc(C(=O)OC)ccc21. The van der Waals surface area contributed by atoms with Crippen molar-refractivity contribution in [1.29, 1.82) is 0 Å². The highest BCUT2D eigenvalue weighted by Gasteiger charge is 2.22. The number of hydrogen-bond acceptors (Lipinski definition) is 9. The van der Waals surface area contributed by atoms with E-state index < -0.39 is 38.6 Å². The average Bonchev–Trinajstić information content (AvgIpc) is 2.96. The van der Waals surface area contributed by atoms with Gasteiger partial charge in [0.2, 0.25) is 15.0 Å². The molecule has 0 radical (unpaired) electrons. The molecule has 1 heterocycles. The van der Waals surface area contributed by atoms with Crippen molar-refractivity contribution in [2.45, 2.75) is 20.4 Å². The Kier molecular flexibility index (Phi) is 7.03. The van der Waals surface area contributed by atoms with Crippen molar-refractivity contribution < 1.29 is 37.1 Å². The fourth-order valence-corrected chi connectivity index (χ4v) is 3.97. The van der Waals surface area contributed by atoms with Gasteiger partial charge in [-0.15, -0.1) is 0 Å². The lowest BCUT2D eigenvalue weighted by Crippen LogP contribution is -2.26. The van der Waals surface area contributed by atoms with Crippen molar-refractivity contribution >= 4 is 54.4 Å². The van der Waals surface area contributed by atoms with Crippen LogP contribution < -0.4 is 4.80 Å². The van der Waals surface area contributed by atoms with Crippen LogP contribution in [0.3, 0.4) is 0 Å². The number of ether oxygens (including phenoxy) is 2. The molecule has 1 aromatic heterocycles. The highest BCUT2D eigenvalue weighted by atomic mass is 32.2. The Morgan fingerprint density at radius 1 is 1.21 bits per heavy atom. The van der Waals surface area contributed by atoms with E-state index in [9.17, 15) is 27.6 Å². The van der Waals surface area contributed by atoms with Gasteiger partial charge in [-0.25, -0.2) is 13.2 Å². The summed E-state index contributed by atoms with van der Waals surface area (Å²) in [5, 5.41) is -1.14. The molecule has 0 spiro atoms. The predicted octanol–water partition coefficient (Wildman–Crippen LogP) is 0.441. The lowest BCUT2D eigenvalue weighted by Gasteiger charge is -2.05. The van der Waals surface area contributed by atoms with Crippen LogP contribution in [0.25, 0.3) is 10.2 Å². The summed E-state index contributed by atoms with van der Waals surface area (Å²) in [6, 6.07) is 4.53. The van der Waals surface area contributed by atoms with Crippen LogP contribution in [-0.2, 0) is 40.2 Å². The zero-order chi connectivity index (χ0) is 21.8. The third-order valence-electron chi connectivity index (χ3n) is 3.67. The molecule has 1 aromatic carbocycles. The molecule has 0 aliphatic rings. The number of carbonyl (C=O) groups excluding carboxylic acids is 4. The third-order valence-corrected chi connectivity index (χ3v) is 6.21. The van der Waals surface area contributed by atoms with Crippen LogP contribution in [0.1, 0.15) is 24.2 Å². The summed E-state index contributed by atoms with van der Waals surface area (Å²) in [4.78, 5) is 50.7. The molecule has 12 heteroatoms. The molecule has 0 aliphatic heterocycles. The van der Waals surface area contributed by atoms with Crippen LogP contribution in [0, 0.1) is 0 Å². The molecule has 0 unspecified atom stereocenters. The summed E-state index contributed by atoms with van der Waals surface area (Å²) in [6.07, 6.45) is 0. The fourth-order valence-electron chi connectivity index (χ4n) is 2.30. The number of rotatable bonds is 6. The number of carbonyl (C=O) groups is 4. The molecule has 0 atom stereocenters. The van der Waals surface area contributed by atoms with Crippen LogP contribution in [0.2, 0.25) is 0 Å². The number of sulfone groups is 1. The number of thiazole rings is 1. The fraction of sp³-hybridized carbons (Fsp3) is 0.353. The Hall–Kier alpha value is -2.86. The molecule has 2 rings (SSSR count). The molecule has 0 N–H and O–H groups in total. The first-order valence-corrected chi connectivity index (χ1v) is 10.7. The lowest BCUT2D eigenvalue weighted by atomic mass is 10.2. The first-order valence-electron chi connectivity index (χ1n) is 8.27. The molecule has 0 saturated heterocycles. The summed E-state index contributed by atoms with van der Waals surface area (Å²) in [7, 11) is -3.02. The molecule has 1 amide bonds. The minimum Gasteiger partial charge on any atom is -0.465 e. The molecular weight excluding hydrogens is 424 g/mol. The number of aromatic nitrogens is 1. The van der Waals surface area contributed by atoms with Gasteiger partial charge in [0, 0.05) is 6.92 Å². The lowest BCUT2D eigenvalue weighted by molar-refractivity contribution is -0.143. The third kappa shape index (κ3) is 5.35. The van der Waals surface area contributed by atoms with Crippen LogP contribution in [0.15, 0.2) is 23.2 Å². The number of methoxy groups -OCH3 is 1. The van der Waals surface area contributed by atoms with Crippen molar-refractivity contribution in [1.82, 2.24) is 4.57 Å². The van der Waals surface area contributed by atoms with E-state index in [1.807, 2.05) is 0 Å². The standard InChI is InChI=1S/C17H18N2O8S2/c1-4-27-15(22)8-19-12-6-5-11(16(23)26-3)7-13(12)28-17(19)18-14(21)9-29(24,25)10(2)20/h5-7H,4,8-9H2,1-3H3. The van der Waals surface area contributed by atoms with Gasteiger partial charge in [-0.05, 0) is 25.1 Å². The van der Waals surface area contributed by atoms with E-state index in [1.165, 1.54) is 23.8 Å². The molecular formula is C17H18N2O8S2. The van der Waals surface area contributed by atoms with E-state index in [2.05, 4.69) is 9.73 Å². The molecule has 0 saturated carbocycles. The van der Waals surface area contributed by atoms with Gasteiger partial charge in [0.15, 0.2) is 4.80 Å². The number of nitrogens with zero attached hydrogens (tertiary/aromatic N) is 2. The number of fused-ring (bicyclic) bond motifs is 1. The second-order valence-corrected chi connectivity index (χ2v) is 8.81. The summed E-state index contributed by atoms with van der Waals surface area (Å²) < 4.78 is 34.8. The summed E-state index contributed by atoms with van der Waals surface area (Å²) in [6.45, 7) is 2.35. The van der Waals surface area contributed by atoms with E-state index in [0.29, 0.717) is 10.2 Å². The Bertz CT molecular complexity index is 1160. The molecule has 10 nitrogen and oxygen atoms in total. The second-order valence-electron chi connectivity index (χ2n) is 5.71. The van der Waals surface area contributed by atoms with E-state index in [4.69, 9.17) is 4.74 Å². The molecule has 29 heavy (non-hydrogen) atoms. The van der Waals surface area contributed by atoms with E-state index in [-0.39, 0.29) is 23.5 Å². The minimum absolute atomic E-state index is 0.0267. The summed E-state index contributed by atoms with van der Waals surface area (Å²) in [5.41, 5.74) is 0.734. The zero-order valence-corrected chi connectivity index (χ0v) is 17.5. The second kappa shape index (κ2) is 9.09. The molecule has 0 fully saturated rings. The van der Waals surface area contributed by atoms with Crippen molar-refractivity contribution in [2.24, 2.45) is 4.99 Å². The van der Waals surface area contributed by atoms with E-state index >= 15 is 0 Å². The van der Waals surface area contributed by atoms with Gasteiger partial charge in [-0.2, -0.15) is 4.99 Å². The van der Waals surface area contributed by atoms with E-state index in [1.54, 1.807) is 13.0 Å². The molecule has 0 bridgehead atoms. The number of hydrogen-bond donors (Lipinski definition) is 0. The minimum atomic E-state index is -4.25. The van der Waals surface area contributed by atoms with Gasteiger partial charge < -0.3 is 14.0 Å². The Morgan fingerprint density at radius 3 is 2.48 bits per heavy atom. The van der Waals surface area contributed by atoms with Gasteiger partial charge in [0.1, 0.15) is 12.3 Å². The van der Waals surface area contributed by atoms with Crippen molar-refractivity contribution in [3.05, 3.63) is 28.6 Å². The van der Waals surface area contributed by atoms with Crippen molar-refractivity contribution in [3.8, 4) is 0 Å². The highest BCUT2D eigenvalue weighted by molar-refractivity contribution is 8.06. The normalized spacial score (nSPS) is 12.0. The monoisotopic (exact) mass is 442 g/mol. The highest BCUT2D eigenvalue weighted by Crippen LogP contribution is 2.20. The molecule has 2 aromatic rings. The number of esters is 2. The predicted molar refractivity (Wildman–Crippen MR) is 103 cm³/mol. The Morgan fingerprint density at radius 2 is 1.90 bits per heavy atom. The average molecular weight is 442 g/mol. The Labute approximate surface area is 169 Å². The first-order chi connectivity index (χ1) is 13.6.